The Morgan fingerprint density at radius 3 is 1.17 bits per heavy atom. The van der Waals surface area contributed by atoms with Gasteiger partial charge in [0.15, 0.2) is 0 Å². The van der Waals surface area contributed by atoms with Crippen molar-refractivity contribution in [2.24, 2.45) is 0 Å². The molecule has 0 aromatic rings. The molecule has 4 heteroatoms. The summed E-state index contributed by atoms with van der Waals surface area (Å²) in [7, 11) is 0. The molecule has 0 saturated carbocycles. The van der Waals surface area contributed by atoms with E-state index >= 15 is 0 Å². The van der Waals surface area contributed by atoms with Crippen LogP contribution in [0.3, 0.4) is 0 Å². The van der Waals surface area contributed by atoms with Crippen LogP contribution >= 0.6 is 0 Å². The summed E-state index contributed by atoms with van der Waals surface area (Å²) in [5.41, 5.74) is 0. The van der Waals surface area contributed by atoms with E-state index in [1.54, 1.807) is 0 Å². The summed E-state index contributed by atoms with van der Waals surface area (Å²) < 4.78 is 11.2. The minimum Gasteiger partial charge on any atom is -0.457 e. The minimum atomic E-state index is -0.536. The molecular formula is C50H94O4. The fraction of sp³-hybridized carbons (Fsp3) is 0.860. The normalized spacial score (nSPS) is 12.6. The van der Waals surface area contributed by atoms with Crippen LogP contribution in [0.2, 0.25) is 0 Å². The largest absolute Gasteiger partial charge is 0.457 e. The Kier molecular flexibility index (Phi) is 46.5. The zero-order valence-electron chi connectivity index (χ0n) is 36.5. The molecule has 1 atom stereocenters. The van der Waals surface area contributed by atoms with E-state index in [1.165, 1.54) is 205 Å². The van der Waals surface area contributed by atoms with Gasteiger partial charge in [-0.05, 0) is 70.6 Å². The summed E-state index contributed by atoms with van der Waals surface area (Å²) in [4.78, 5) is 12.2. The molecule has 0 bridgehead atoms. The Bertz CT molecular complexity index is 802. The van der Waals surface area contributed by atoms with Gasteiger partial charge in [-0.2, -0.15) is 0 Å². The van der Waals surface area contributed by atoms with Crippen molar-refractivity contribution in [2.45, 2.75) is 258 Å². The summed E-state index contributed by atoms with van der Waals surface area (Å²) >= 11 is 0. The van der Waals surface area contributed by atoms with Crippen LogP contribution in [0, 0.1) is 0 Å². The Labute approximate surface area is 338 Å². The number of carbonyl (C=O) groups is 1. The second kappa shape index (κ2) is 47.8. The average molecular weight is 759 g/mol. The molecule has 0 aromatic carbocycles. The van der Waals surface area contributed by atoms with E-state index in [2.05, 4.69) is 50.3 Å². The van der Waals surface area contributed by atoms with Crippen molar-refractivity contribution in [3.63, 3.8) is 0 Å². The lowest BCUT2D eigenvalue weighted by Crippen LogP contribution is -2.27. The zero-order chi connectivity index (χ0) is 39.1. The highest BCUT2D eigenvalue weighted by molar-refractivity contribution is 5.69. The highest BCUT2D eigenvalue weighted by atomic mass is 16.6. The fourth-order valence-electron chi connectivity index (χ4n) is 7.06. The van der Waals surface area contributed by atoms with Gasteiger partial charge < -0.3 is 14.6 Å². The predicted octanol–water partition coefficient (Wildman–Crippen LogP) is 16.0. The number of hydrogen-bond donors (Lipinski definition) is 1. The fourth-order valence-corrected chi connectivity index (χ4v) is 7.06. The third-order valence-electron chi connectivity index (χ3n) is 10.7. The molecule has 0 heterocycles. The minimum absolute atomic E-state index is 0.172. The van der Waals surface area contributed by atoms with Crippen molar-refractivity contribution in [1.82, 2.24) is 0 Å². The molecule has 0 spiro atoms. The quantitative estimate of drug-likeness (QED) is 0.0382. The van der Waals surface area contributed by atoms with Gasteiger partial charge in [0.2, 0.25) is 0 Å². The van der Waals surface area contributed by atoms with Crippen LogP contribution in [0.15, 0.2) is 36.5 Å². The van der Waals surface area contributed by atoms with Gasteiger partial charge in [0.05, 0.1) is 13.2 Å². The molecule has 0 aliphatic heterocycles. The number of ether oxygens (including phenoxy) is 2. The topological polar surface area (TPSA) is 55.8 Å². The number of aliphatic hydroxyl groups excluding tert-OH is 1. The number of unbranched alkanes of at least 4 members (excludes halogenated alkanes) is 31. The summed E-state index contributed by atoms with van der Waals surface area (Å²) in [6.45, 7) is 5.35. The maximum Gasteiger partial charge on any atom is 0.306 e. The number of carbonyl (C=O) groups excluding carboxylic acids is 1. The Morgan fingerprint density at radius 2 is 0.778 bits per heavy atom. The monoisotopic (exact) mass is 759 g/mol. The predicted molar refractivity (Wildman–Crippen MR) is 237 cm³/mol. The first-order valence-electron chi connectivity index (χ1n) is 24.1. The number of esters is 1. The number of rotatable bonds is 45. The van der Waals surface area contributed by atoms with Crippen molar-refractivity contribution in [3.05, 3.63) is 36.5 Å². The van der Waals surface area contributed by atoms with Gasteiger partial charge in [-0.1, -0.05) is 211 Å². The van der Waals surface area contributed by atoms with Gasteiger partial charge in [0.25, 0.3) is 0 Å². The van der Waals surface area contributed by atoms with Gasteiger partial charge in [-0.25, -0.2) is 0 Å². The van der Waals surface area contributed by atoms with E-state index in [1.807, 2.05) is 0 Å². The third kappa shape index (κ3) is 45.0. The molecule has 0 aromatic heterocycles. The van der Waals surface area contributed by atoms with Crippen LogP contribution < -0.4 is 0 Å². The van der Waals surface area contributed by atoms with Gasteiger partial charge in [0, 0.05) is 13.0 Å². The Morgan fingerprint density at radius 1 is 0.444 bits per heavy atom. The maximum atomic E-state index is 12.2. The standard InChI is InChI=1S/C50H94O4/c1-3-5-7-9-11-13-15-17-19-21-22-23-24-25-26-27-28-29-31-33-35-37-39-41-43-45-50(52)54-49(47-51)48-53-46-44-42-40-38-36-34-32-30-20-18-16-14-12-10-8-6-4-2/h15,17,20-22,30,49,51H,3-14,16,18-19,23-29,31-48H2,1-2H3/b17-15-,22-21-,30-20-. The van der Waals surface area contributed by atoms with Crippen molar-refractivity contribution >= 4 is 5.97 Å². The molecule has 318 valence electrons. The molecule has 1 unspecified atom stereocenters. The molecule has 0 aliphatic carbocycles. The summed E-state index contributed by atoms with van der Waals surface area (Å²) in [5.74, 6) is -0.201. The number of hydrogen-bond acceptors (Lipinski definition) is 4. The van der Waals surface area contributed by atoms with E-state index in [0.29, 0.717) is 19.6 Å². The Hall–Kier alpha value is -1.39. The number of aliphatic hydroxyl groups is 1. The molecule has 0 aliphatic rings. The van der Waals surface area contributed by atoms with E-state index in [-0.39, 0.29) is 12.6 Å². The molecule has 1 N–H and O–H groups in total. The average Bonchev–Trinajstić information content (AvgIpc) is 3.18. The summed E-state index contributed by atoms with van der Waals surface area (Å²) in [5, 5.41) is 9.63. The van der Waals surface area contributed by atoms with Crippen molar-refractivity contribution < 1.29 is 19.4 Å². The lowest BCUT2D eigenvalue weighted by Gasteiger charge is -2.15. The van der Waals surface area contributed by atoms with Crippen molar-refractivity contribution in [1.29, 1.82) is 0 Å². The van der Waals surface area contributed by atoms with Gasteiger partial charge >= 0.3 is 5.97 Å². The lowest BCUT2D eigenvalue weighted by molar-refractivity contribution is -0.154. The van der Waals surface area contributed by atoms with Crippen LogP contribution in [0.4, 0.5) is 0 Å². The van der Waals surface area contributed by atoms with Crippen LogP contribution in [-0.2, 0) is 14.3 Å². The first-order valence-corrected chi connectivity index (χ1v) is 24.1. The smallest absolute Gasteiger partial charge is 0.306 e. The lowest BCUT2D eigenvalue weighted by atomic mass is 10.0. The number of allylic oxidation sites excluding steroid dienone is 6. The Balaban J connectivity index is 3.40. The van der Waals surface area contributed by atoms with E-state index in [0.717, 1.165) is 25.7 Å². The van der Waals surface area contributed by atoms with Crippen molar-refractivity contribution in [3.8, 4) is 0 Å². The highest BCUT2D eigenvalue weighted by Gasteiger charge is 2.13. The van der Waals surface area contributed by atoms with Crippen LogP contribution in [0.25, 0.3) is 0 Å². The van der Waals surface area contributed by atoms with Gasteiger partial charge in [0.1, 0.15) is 6.10 Å². The summed E-state index contributed by atoms with van der Waals surface area (Å²) in [6, 6.07) is 0. The van der Waals surface area contributed by atoms with E-state index < -0.39 is 6.10 Å². The van der Waals surface area contributed by atoms with Crippen LogP contribution in [-0.4, -0.2) is 37.0 Å². The SMILES string of the molecule is CCCCCCC/C=C\C/C=C\CCCCCCCCCCCCCCCC(=O)OC(CO)COCCCCCCCC/C=C\CCCCCCCCC. The molecule has 0 radical (unpaired) electrons. The molecular weight excluding hydrogens is 665 g/mol. The first kappa shape index (κ1) is 52.6. The highest BCUT2D eigenvalue weighted by Crippen LogP contribution is 2.15. The van der Waals surface area contributed by atoms with Gasteiger partial charge in [-0.3, -0.25) is 4.79 Å². The third-order valence-corrected chi connectivity index (χ3v) is 10.7. The second-order valence-electron chi connectivity index (χ2n) is 16.2. The molecule has 54 heavy (non-hydrogen) atoms. The molecule has 0 amide bonds. The van der Waals surface area contributed by atoms with E-state index in [4.69, 9.17) is 9.47 Å². The van der Waals surface area contributed by atoms with Gasteiger partial charge in [-0.15, -0.1) is 0 Å². The van der Waals surface area contributed by atoms with E-state index in [9.17, 15) is 9.90 Å². The molecule has 0 saturated heterocycles. The molecule has 0 fully saturated rings. The maximum absolute atomic E-state index is 12.2. The molecule has 0 rings (SSSR count). The summed E-state index contributed by atoms with van der Waals surface area (Å²) in [6.07, 6.45) is 60.8. The van der Waals surface area contributed by atoms with Crippen molar-refractivity contribution in [2.75, 3.05) is 19.8 Å². The first-order chi connectivity index (χ1) is 26.7. The van der Waals surface area contributed by atoms with Crippen LogP contribution in [0.5, 0.6) is 0 Å². The second-order valence-corrected chi connectivity index (χ2v) is 16.2. The molecule has 4 nitrogen and oxygen atoms in total. The zero-order valence-corrected chi connectivity index (χ0v) is 36.5. The van der Waals surface area contributed by atoms with Crippen LogP contribution in [0.1, 0.15) is 251 Å².